The van der Waals surface area contributed by atoms with Gasteiger partial charge in [0.2, 0.25) is 0 Å². The second-order valence-corrected chi connectivity index (χ2v) is 12.4. The van der Waals surface area contributed by atoms with Crippen molar-refractivity contribution in [2.75, 3.05) is 6.61 Å². The molecule has 2 aliphatic carbocycles. The van der Waals surface area contributed by atoms with E-state index >= 15 is 8.78 Å². The van der Waals surface area contributed by atoms with Crippen molar-refractivity contribution >= 4 is 29.0 Å². The predicted molar refractivity (Wildman–Crippen MR) is 163 cm³/mol. The number of halogens is 4. The quantitative estimate of drug-likeness (QED) is 0.182. The molecule has 13 heteroatoms. The van der Waals surface area contributed by atoms with Crippen molar-refractivity contribution in [3.05, 3.63) is 100 Å². The number of fused-ring (bicyclic) bond motifs is 4. The number of alkyl halides is 4. The lowest BCUT2D eigenvalue weighted by atomic mass is 9.87. The normalized spacial score (nSPS) is 18.7. The van der Waals surface area contributed by atoms with E-state index in [2.05, 4.69) is 20.7 Å². The van der Waals surface area contributed by atoms with Crippen LogP contribution in [0.4, 0.5) is 22.4 Å². The van der Waals surface area contributed by atoms with Crippen LogP contribution in [0.5, 0.6) is 0 Å². The van der Waals surface area contributed by atoms with Crippen LogP contribution >= 0.6 is 11.3 Å². The van der Waals surface area contributed by atoms with Gasteiger partial charge in [0.1, 0.15) is 12.6 Å². The van der Waals surface area contributed by atoms with Crippen LogP contribution in [0.15, 0.2) is 79.1 Å². The zero-order chi connectivity index (χ0) is 32.0. The highest BCUT2D eigenvalue weighted by atomic mass is 32.1. The smallest absolute Gasteiger partial charge is 0.407 e. The number of rotatable bonds is 7. The number of carbonyl (C=O) groups excluding carboxylic acids is 2. The number of nitrogens with zero attached hydrogens (tertiary/aromatic N) is 3. The van der Waals surface area contributed by atoms with Gasteiger partial charge in [0.25, 0.3) is 18.3 Å². The fraction of sp³-hybridized carbons (Fsp3) is 0.273. The SMILES string of the molecule is O=C(N[C@H]1CCCC(F)(F)[C@@H]1NC(=O)c1cc(-c2cnc3cccnn23)c(C(F)F)s1)OCC1c2ccccc2-c2ccccc21. The minimum absolute atomic E-state index is 0.00743. The van der Waals surface area contributed by atoms with Crippen molar-refractivity contribution in [3.63, 3.8) is 0 Å². The molecule has 3 heterocycles. The average molecular weight is 650 g/mol. The standard InChI is InChI=1S/C33H27F4N5O3S/c34-30(35)28-22(25-16-38-27-12-6-14-39-42(25)27)15-26(46-28)31(43)41-29-24(11-5-13-33(29,36)37)40-32(44)45-17-23-20-9-3-1-7-18(20)19-8-2-4-10-21(19)23/h1-4,6-10,12,14-16,23-24,29-30H,5,11,13,17H2,(H,40,44)(H,41,43)/t24-,29+/m0/s1. The fourth-order valence-electron chi connectivity index (χ4n) is 6.43. The molecule has 0 saturated heterocycles. The van der Waals surface area contributed by atoms with E-state index in [0.29, 0.717) is 17.0 Å². The number of carbonyl (C=O) groups is 2. The Kier molecular flexibility index (Phi) is 7.71. The van der Waals surface area contributed by atoms with Gasteiger partial charge >= 0.3 is 6.09 Å². The second kappa shape index (κ2) is 11.9. The van der Waals surface area contributed by atoms with Crippen LogP contribution in [-0.4, -0.2) is 51.2 Å². The summed E-state index contributed by atoms with van der Waals surface area (Å²) in [6.07, 6.45) is -1.23. The summed E-state index contributed by atoms with van der Waals surface area (Å²) >= 11 is 0.510. The summed E-state index contributed by atoms with van der Waals surface area (Å²) in [4.78, 5) is 29.9. The molecular weight excluding hydrogens is 622 g/mol. The number of hydrogen-bond donors (Lipinski definition) is 2. The van der Waals surface area contributed by atoms with Crippen LogP contribution in [0.25, 0.3) is 28.0 Å². The summed E-state index contributed by atoms with van der Waals surface area (Å²) in [7, 11) is 0. The summed E-state index contributed by atoms with van der Waals surface area (Å²) < 4.78 is 65.6. The molecule has 236 valence electrons. The zero-order valence-corrected chi connectivity index (χ0v) is 24.9. The Morgan fingerprint density at radius 3 is 2.43 bits per heavy atom. The van der Waals surface area contributed by atoms with E-state index in [1.54, 1.807) is 12.1 Å². The molecule has 1 saturated carbocycles. The Morgan fingerprint density at radius 2 is 1.72 bits per heavy atom. The van der Waals surface area contributed by atoms with Gasteiger partial charge in [-0.1, -0.05) is 48.5 Å². The summed E-state index contributed by atoms with van der Waals surface area (Å²) in [5.41, 5.74) is 4.78. The van der Waals surface area contributed by atoms with Crippen molar-refractivity contribution in [1.82, 2.24) is 25.2 Å². The first-order chi connectivity index (χ1) is 22.2. The van der Waals surface area contributed by atoms with Crippen molar-refractivity contribution in [2.45, 2.75) is 49.6 Å². The van der Waals surface area contributed by atoms with Crippen LogP contribution in [0.2, 0.25) is 0 Å². The molecule has 0 bridgehead atoms. The Balaban J connectivity index is 1.08. The van der Waals surface area contributed by atoms with E-state index in [9.17, 15) is 18.4 Å². The minimum atomic E-state index is -3.37. The minimum Gasteiger partial charge on any atom is -0.449 e. The maximum absolute atomic E-state index is 15.3. The largest absolute Gasteiger partial charge is 0.449 e. The van der Waals surface area contributed by atoms with E-state index in [4.69, 9.17) is 4.74 Å². The van der Waals surface area contributed by atoms with E-state index < -0.39 is 47.7 Å². The first kappa shape index (κ1) is 29.9. The van der Waals surface area contributed by atoms with Crippen molar-refractivity contribution in [1.29, 1.82) is 0 Å². The molecule has 0 radical (unpaired) electrons. The van der Waals surface area contributed by atoms with Gasteiger partial charge < -0.3 is 15.4 Å². The molecule has 0 spiro atoms. The molecule has 2 N–H and O–H groups in total. The van der Waals surface area contributed by atoms with Gasteiger partial charge in [-0.2, -0.15) is 5.10 Å². The monoisotopic (exact) mass is 649 g/mol. The summed E-state index contributed by atoms with van der Waals surface area (Å²) in [5, 5.41) is 9.02. The first-order valence-electron chi connectivity index (χ1n) is 14.7. The fourth-order valence-corrected chi connectivity index (χ4v) is 7.36. The van der Waals surface area contributed by atoms with Crippen molar-refractivity contribution < 1.29 is 31.9 Å². The number of amides is 2. The van der Waals surface area contributed by atoms with Gasteiger partial charge in [-0.15, -0.1) is 11.3 Å². The lowest BCUT2D eigenvalue weighted by molar-refractivity contribution is -0.0715. The Morgan fingerprint density at radius 1 is 1.00 bits per heavy atom. The number of thiophene rings is 1. The number of ether oxygens (including phenoxy) is 1. The number of alkyl carbamates (subject to hydrolysis) is 1. The molecule has 2 aromatic carbocycles. The van der Waals surface area contributed by atoms with Gasteiger partial charge in [0, 0.05) is 24.1 Å². The Hall–Kier alpha value is -4.78. The second-order valence-electron chi connectivity index (χ2n) is 11.3. The summed E-state index contributed by atoms with van der Waals surface area (Å²) in [6.45, 7) is -0.00743. The average Bonchev–Trinajstić information content (AvgIpc) is 3.76. The maximum atomic E-state index is 15.3. The van der Waals surface area contributed by atoms with Gasteiger partial charge in [0.15, 0.2) is 5.65 Å². The molecular formula is C33H27F4N5O3S. The van der Waals surface area contributed by atoms with Crippen LogP contribution < -0.4 is 10.6 Å². The molecule has 2 amide bonds. The molecule has 5 aromatic rings. The highest BCUT2D eigenvalue weighted by Gasteiger charge is 2.49. The molecule has 7 rings (SSSR count). The van der Waals surface area contributed by atoms with E-state index in [1.165, 1.54) is 23.0 Å². The summed E-state index contributed by atoms with van der Waals surface area (Å²) in [6, 6.07) is 17.2. The van der Waals surface area contributed by atoms with Crippen LogP contribution in [-0.2, 0) is 4.74 Å². The van der Waals surface area contributed by atoms with Crippen LogP contribution in [0.1, 0.15) is 57.3 Å². The van der Waals surface area contributed by atoms with E-state index in [0.717, 1.165) is 22.3 Å². The summed E-state index contributed by atoms with van der Waals surface area (Å²) in [5.74, 6) is -4.54. The zero-order valence-electron chi connectivity index (χ0n) is 24.1. The number of hydrogen-bond acceptors (Lipinski definition) is 6. The van der Waals surface area contributed by atoms with E-state index in [1.807, 2.05) is 48.5 Å². The number of benzene rings is 2. The Bertz CT molecular complexity index is 1900. The molecule has 8 nitrogen and oxygen atoms in total. The van der Waals surface area contributed by atoms with Crippen molar-refractivity contribution in [2.24, 2.45) is 0 Å². The topological polar surface area (TPSA) is 97.6 Å². The Labute approximate surface area is 264 Å². The van der Waals surface area contributed by atoms with Gasteiger partial charge in [-0.05, 0) is 53.3 Å². The lowest BCUT2D eigenvalue weighted by Crippen LogP contribution is -2.62. The molecule has 2 atom stereocenters. The van der Waals surface area contributed by atoms with Crippen LogP contribution in [0.3, 0.4) is 0 Å². The number of nitrogens with one attached hydrogen (secondary N) is 2. The third kappa shape index (κ3) is 5.38. The van der Waals surface area contributed by atoms with Crippen molar-refractivity contribution in [3.8, 4) is 22.4 Å². The number of aromatic nitrogens is 3. The van der Waals surface area contributed by atoms with Gasteiger partial charge in [-0.3, -0.25) is 4.79 Å². The molecule has 3 aromatic heterocycles. The number of imidazole rings is 1. The third-order valence-corrected chi connectivity index (χ3v) is 9.69. The molecule has 2 aliphatic rings. The molecule has 1 fully saturated rings. The maximum Gasteiger partial charge on any atom is 0.407 e. The highest BCUT2D eigenvalue weighted by molar-refractivity contribution is 7.14. The predicted octanol–water partition coefficient (Wildman–Crippen LogP) is 7.22. The lowest BCUT2D eigenvalue weighted by Gasteiger charge is -2.38. The van der Waals surface area contributed by atoms with Gasteiger partial charge in [-0.25, -0.2) is 31.9 Å². The van der Waals surface area contributed by atoms with E-state index in [-0.39, 0.29) is 41.5 Å². The van der Waals surface area contributed by atoms with Gasteiger partial charge in [0.05, 0.1) is 27.7 Å². The highest BCUT2D eigenvalue weighted by Crippen LogP contribution is 2.45. The molecule has 46 heavy (non-hydrogen) atoms. The molecule has 0 unspecified atom stereocenters. The molecule has 0 aliphatic heterocycles. The van der Waals surface area contributed by atoms with Crippen LogP contribution in [0, 0.1) is 0 Å². The third-order valence-electron chi connectivity index (χ3n) is 8.55. The first-order valence-corrected chi connectivity index (χ1v) is 15.5.